The first-order valence-corrected chi connectivity index (χ1v) is 12.6. The van der Waals surface area contributed by atoms with Gasteiger partial charge in [-0.2, -0.15) is 0 Å². The van der Waals surface area contributed by atoms with Crippen molar-refractivity contribution >= 4 is 80.8 Å². The number of thiocarbonyl (C=S) groups is 1. The van der Waals surface area contributed by atoms with Crippen LogP contribution in [0.2, 0.25) is 10.0 Å². The Morgan fingerprint density at radius 1 is 1.11 bits per heavy atom. The number of carbonyl (C=O) groups excluding carboxylic acids is 2. The van der Waals surface area contributed by atoms with Crippen LogP contribution in [0.1, 0.15) is 11.1 Å². The number of carbonyl (C=O) groups is 2. The zero-order chi connectivity index (χ0) is 25.8. The summed E-state index contributed by atoms with van der Waals surface area (Å²) in [5, 5.41) is 3.25. The van der Waals surface area contributed by atoms with E-state index >= 15 is 0 Å². The summed E-state index contributed by atoms with van der Waals surface area (Å²) in [6.45, 7) is 1.67. The lowest BCUT2D eigenvalue weighted by molar-refractivity contribution is -0.118. The summed E-state index contributed by atoms with van der Waals surface area (Å²) in [5.74, 6) is 0.182. The first-order valence-electron chi connectivity index (χ1n) is 10.7. The number of anilines is 2. The van der Waals surface area contributed by atoms with Gasteiger partial charge in [0.1, 0.15) is 0 Å². The van der Waals surface area contributed by atoms with Gasteiger partial charge in [-0.1, -0.05) is 77.5 Å². The third-order valence-electron chi connectivity index (χ3n) is 5.22. The zero-order valence-corrected chi connectivity index (χ0v) is 22.4. The van der Waals surface area contributed by atoms with E-state index in [4.69, 9.17) is 44.9 Å². The highest BCUT2D eigenvalue weighted by Crippen LogP contribution is 2.38. The van der Waals surface area contributed by atoms with Crippen molar-refractivity contribution in [1.82, 2.24) is 0 Å². The van der Waals surface area contributed by atoms with Gasteiger partial charge in [0.25, 0.3) is 11.8 Å². The van der Waals surface area contributed by atoms with Gasteiger partial charge < -0.3 is 14.8 Å². The number of nitrogens with zero attached hydrogens (tertiary/aromatic N) is 1. The Balaban J connectivity index is 1.47. The Morgan fingerprint density at radius 2 is 1.89 bits per heavy atom. The molecule has 3 aromatic carbocycles. The van der Waals surface area contributed by atoms with Crippen molar-refractivity contribution in [3.8, 4) is 11.5 Å². The molecule has 1 fully saturated rings. The van der Waals surface area contributed by atoms with E-state index in [1.807, 2.05) is 31.2 Å². The molecule has 0 saturated carbocycles. The Bertz CT molecular complexity index is 1390. The molecular formula is C26H20Cl2N2O4S2. The van der Waals surface area contributed by atoms with Gasteiger partial charge in [-0.3, -0.25) is 14.5 Å². The topological polar surface area (TPSA) is 67.9 Å². The number of hydrogen-bond donors (Lipinski definition) is 1. The number of amides is 2. The molecular weight excluding hydrogens is 539 g/mol. The van der Waals surface area contributed by atoms with E-state index < -0.39 is 5.91 Å². The molecule has 0 unspecified atom stereocenters. The smallest absolute Gasteiger partial charge is 0.270 e. The van der Waals surface area contributed by atoms with Crippen LogP contribution < -0.4 is 19.7 Å². The van der Waals surface area contributed by atoms with E-state index in [1.165, 1.54) is 18.9 Å². The standard InChI is InChI=1S/C26H20Cl2N2O4S2/c1-15-6-3-4-9-19(15)30-25(32)22(36-26(30)35)13-16-10-11-20(21(12-16)33-2)34-14-23(31)29-18-8-5-7-17(27)24(18)28/h3-13H,14H2,1-2H3,(H,29,31)/b22-13-. The predicted octanol–water partition coefficient (Wildman–Crippen LogP) is 6.73. The Hall–Kier alpha value is -3.04. The molecule has 1 N–H and O–H groups in total. The summed E-state index contributed by atoms with van der Waals surface area (Å²) in [7, 11) is 1.50. The summed E-state index contributed by atoms with van der Waals surface area (Å²) in [6.07, 6.45) is 1.75. The summed E-state index contributed by atoms with van der Waals surface area (Å²) in [4.78, 5) is 27.5. The molecule has 1 aliphatic rings. The molecule has 2 amide bonds. The summed E-state index contributed by atoms with van der Waals surface area (Å²) in [5.41, 5.74) is 2.84. The molecule has 0 radical (unpaired) electrons. The summed E-state index contributed by atoms with van der Waals surface area (Å²) >= 11 is 18.8. The molecule has 0 spiro atoms. The molecule has 1 heterocycles. The van der Waals surface area contributed by atoms with Crippen LogP contribution in [0.4, 0.5) is 11.4 Å². The van der Waals surface area contributed by atoms with Crippen molar-refractivity contribution < 1.29 is 19.1 Å². The molecule has 0 bridgehead atoms. The van der Waals surface area contributed by atoms with Crippen LogP contribution in [0.15, 0.2) is 65.6 Å². The average Bonchev–Trinajstić information content (AvgIpc) is 3.13. The Kier molecular flexibility index (Phi) is 8.21. The van der Waals surface area contributed by atoms with Gasteiger partial charge in [-0.05, 0) is 54.5 Å². The highest BCUT2D eigenvalue weighted by Gasteiger charge is 2.34. The predicted molar refractivity (Wildman–Crippen MR) is 150 cm³/mol. The van der Waals surface area contributed by atoms with E-state index in [1.54, 1.807) is 47.4 Å². The second-order valence-electron chi connectivity index (χ2n) is 7.65. The minimum atomic E-state index is -0.412. The fourth-order valence-electron chi connectivity index (χ4n) is 3.46. The maximum atomic E-state index is 13.1. The lowest BCUT2D eigenvalue weighted by Gasteiger charge is -2.16. The van der Waals surface area contributed by atoms with Crippen LogP contribution in [-0.2, 0) is 9.59 Å². The molecule has 184 valence electrons. The van der Waals surface area contributed by atoms with Gasteiger partial charge in [-0.15, -0.1) is 0 Å². The molecule has 36 heavy (non-hydrogen) atoms. The van der Waals surface area contributed by atoms with Gasteiger partial charge in [-0.25, -0.2) is 0 Å². The van der Waals surface area contributed by atoms with E-state index in [2.05, 4.69) is 5.32 Å². The van der Waals surface area contributed by atoms with Gasteiger partial charge in [0.05, 0.1) is 33.4 Å². The number of aryl methyl sites for hydroxylation is 1. The summed E-state index contributed by atoms with van der Waals surface area (Å²) < 4.78 is 11.6. The largest absolute Gasteiger partial charge is 0.493 e. The molecule has 6 nitrogen and oxygen atoms in total. The van der Waals surface area contributed by atoms with Crippen LogP contribution in [0, 0.1) is 6.92 Å². The van der Waals surface area contributed by atoms with Crippen LogP contribution in [0.5, 0.6) is 11.5 Å². The molecule has 4 rings (SSSR count). The summed E-state index contributed by atoms with van der Waals surface area (Å²) in [6, 6.07) is 17.7. The number of methoxy groups -OCH3 is 1. The fraction of sp³-hybridized carbons (Fsp3) is 0.115. The Labute approximate surface area is 228 Å². The monoisotopic (exact) mass is 558 g/mol. The molecule has 3 aromatic rings. The zero-order valence-electron chi connectivity index (χ0n) is 19.2. The number of hydrogen-bond acceptors (Lipinski definition) is 6. The number of rotatable bonds is 7. The second kappa shape index (κ2) is 11.3. The van der Waals surface area contributed by atoms with Crippen molar-refractivity contribution in [2.75, 3.05) is 23.9 Å². The lowest BCUT2D eigenvalue weighted by Crippen LogP contribution is -2.28. The van der Waals surface area contributed by atoms with E-state index in [0.717, 1.165) is 16.8 Å². The van der Waals surface area contributed by atoms with Crippen molar-refractivity contribution in [3.63, 3.8) is 0 Å². The second-order valence-corrected chi connectivity index (χ2v) is 10.1. The lowest BCUT2D eigenvalue weighted by atomic mass is 10.1. The molecule has 1 saturated heterocycles. The third-order valence-corrected chi connectivity index (χ3v) is 7.34. The van der Waals surface area contributed by atoms with Crippen molar-refractivity contribution in [2.45, 2.75) is 6.92 Å². The van der Waals surface area contributed by atoms with E-state index in [9.17, 15) is 9.59 Å². The maximum Gasteiger partial charge on any atom is 0.270 e. The SMILES string of the molecule is COc1cc(/C=C2\SC(=S)N(c3ccccc3C)C2=O)ccc1OCC(=O)Nc1cccc(Cl)c1Cl. The van der Waals surface area contributed by atoms with Gasteiger partial charge in [0.15, 0.2) is 22.4 Å². The number of nitrogens with one attached hydrogen (secondary N) is 1. The molecule has 1 aliphatic heterocycles. The minimum Gasteiger partial charge on any atom is -0.493 e. The highest BCUT2D eigenvalue weighted by atomic mass is 35.5. The molecule has 10 heteroatoms. The molecule has 0 aliphatic carbocycles. The first kappa shape index (κ1) is 26.0. The highest BCUT2D eigenvalue weighted by molar-refractivity contribution is 8.27. The van der Waals surface area contributed by atoms with E-state index in [-0.39, 0.29) is 17.5 Å². The van der Waals surface area contributed by atoms with Gasteiger partial charge in [0.2, 0.25) is 0 Å². The molecule has 0 atom stereocenters. The van der Waals surface area contributed by atoms with Gasteiger partial charge >= 0.3 is 0 Å². The number of halogens is 2. The minimum absolute atomic E-state index is 0.185. The fourth-order valence-corrected chi connectivity index (χ4v) is 5.10. The Morgan fingerprint density at radius 3 is 2.64 bits per heavy atom. The average molecular weight is 559 g/mol. The molecule has 0 aromatic heterocycles. The number of thioether (sulfide) groups is 1. The third kappa shape index (κ3) is 5.68. The normalized spacial score (nSPS) is 14.3. The van der Waals surface area contributed by atoms with Crippen LogP contribution in [0.25, 0.3) is 6.08 Å². The number of para-hydroxylation sites is 1. The quantitative estimate of drug-likeness (QED) is 0.256. The number of ether oxygens (including phenoxy) is 2. The van der Waals surface area contributed by atoms with E-state index in [0.29, 0.717) is 31.4 Å². The van der Waals surface area contributed by atoms with Crippen LogP contribution >= 0.6 is 47.2 Å². The number of benzene rings is 3. The van der Waals surface area contributed by atoms with Crippen LogP contribution in [0.3, 0.4) is 0 Å². The maximum absolute atomic E-state index is 13.1. The first-order chi connectivity index (χ1) is 17.3. The van der Waals surface area contributed by atoms with Crippen LogP contribution in [-0.4, -0.2) is 29.9 Å². The van der Waals surface area contributed by atoms with Crippen molar-refractivity contribution in [3.05, 3.63) is 86.7 Å². The van der Waals surface area contributed by atoms with Crippen molar-refractivity contribution in [1.29, 1.82) is 0 Å². The van der Waals surface area contributed by atoms with Gasteiger partial charge in [0, 0.05) is 0 Å². The van der Waals surface area contributed by atoms with Crippen molar-refractivity contribution in [2.24, 2.45) is 0 Å².